The Morgan fingerprint density at radius 3 is 2.91 bits per heavy atom. The topological polar surface area (TPSA) is 52.6 Å². The molecule has 1 aliphatic heterocycles. The maximum absolute atomic E-state index is 4.66. The van der Waals surface area contributed by atoms with Crippen molar-refractivity contribution in [2.24, 2.45) is 10.9 Å². The Morgan fingerprint density at radius 2 is 2.27 bits per heavy atom. The lowest BCUT2D eigenvalue weighted by Crippen LogP contribution is -2.46. The van der Waals surface area contributed by atoms with Gasteiger partial charge in [0.15, 0.2) is 5.96 Å². The predicted octanol–water partition coefficient (Wildman–Crippen LogP) is 2.30. The Bertz CT molecular complexity index is 474. The van der Waals surface area contributed by atoms with Crippen molar-refractivity contribution in [3.05, 3.63) is 16.6 Å². The second-order valence-corrected chi connectivity index (χ2v) is 7.01. The molecule has 2 aliphatic rings. The van der Waals surface area contributed by atoms with Crippen LogP contribution in [0.5, 0.6) is 0 Å². The Kier molecular flexibility index (Phi) is 6.88. The third-order valence-corrected chi connectivity index (χ3v) is 4.99. The minimum atomic E-state index is 0. The zero-order valence-electron chi connectivity index (χ0n) is 13.3. The molecule has 2 heterocycles. The van der Waals surface area contributed by atoms with Crippen LogP contribution in [0.15, 0.2) is 16.6 Å². The van der Waals surface area contributed by atoms with Gasteiger partial charge in [0.25, 0.3) is 0 Å². The number of nitrogens with zero attached hydrogens (tertiary/aromatic N) is 3. The Hall–Kier alpha value is -0.410. The molecule has 1 saturated carbocycles. The highest BCUT2D eigenvalue weighted by atomic mass is 127. The first-order chi connectivity index (χ1) is 10.3. The zero-order chi connectivity index (χ0) is 14.7. The first-order valence-electron chi connectivity index (χ1n) is 7.93. The second-order valence-electron chi connectivity index (χ2n) is 6.03. The Balaban J connectivity index is 0.00000176. The van der Waals surface area contributed by atoms with Gasteiger partial charge in [-0.3, -0.25) is 4.90 Å². The van der Waals surface area contributed by atoms with Crippen molar-refractivity contribution >= 4 is 41.3 Å². The lowest BCUT2D eigenvalue weighted by molar-refractivity contribution is 0.315. The monoisotopic (exact) mass is 435 g/mol. The molecule has 22 heavy (non-hydrogen) atoms. The van der Waals surface area contributed by atoms with Crippen LogP contribution < -0.4 is 10.6 Å². The molecule has 0 aromatic carbocycles. The van der Waals surface area contributed by atoms with Crippen LogP contribution in [0.3, 0.4) is 0 Å². The van der Waals surface area contributed by atoms with E-state index >= 15 is 0 Å². The molecule has 0 spiro atoms. The number of aliphatic imine (C=N–C) groups is 1. The average Bonchev–Trinajstić information content (AvgIpc) is 3.07. The van der Waals surface area contributed by atoms with Crippen molar-refractivity contribution in [3.8, 4) is 0 Å². The van der Waals surface area contributed by atoms with Crippen LogP contribution in [0.4, 0.5) is 0 Å². The molecule has 7 heteroatoms. The molecule has 0 radical (unpaired) electrons. The van der Waals surface area contributed by atoms with Crippen LogP contribution in [0.25, 0.3) is 0 Å². The summed E-state index contributed by atoms with van der Waals surface area (Å²) in [6, 6.07) is 1.36. The average molecular weight is 435 g/mol. The SMILES string of the molecule is CCNC(=NCc1nccs1)NC1CN(C2CC2)CC1C.I. The van der Waals surface area contributed by atoms with Gasteiger partial charge in [0, 0.05) is 43.3 Å². The zero-order valence-corrected chi connectivity index (χ0v) is 16.4. The Morgan fingerprint density at radius 1 is 1.45 bits per heavy atom. The second kappa shape index (κ2) is 8.44. The van der Waals surface area contributed by atoms with E-state index in [0.29, 0.717) is 18.5 Å². The molecule has 124 valence electrons. The number of hydrogen-bond donors (Lipinski definition) is 2. The maximum atomic E-state index is 4.66. The third-order valence-electron chi connectivity index (χ3n) is 4.23. The van der Waals surface area contributed by atoms with Gasteiger partial charge < -0.3 is 10.6 Å². The number of guanidine groups is 1. The summed E-state index contributed by atoms with van der Waals surface area (Å²) in [7, 11) is 0. The van der Waals surface area contributed by atoms with E-state index < -0.39 is 0 Å². The summed E-state index contributed by atoms with van der Waals surface area (Å²) in [5.41, 5.74) is 0. The van der Waals surface area contributed by atoms with Crippen molar-refractivity contribution in [2.75, 3.05) is 19.6 Å². The molecule has 0 bridgehead atoms. The normalized spacial score (nSPS) is 25.8. The molecule has 1 aromatic heterocycles. The van der Waals surface area contributed by atoms with Gasteiger partial charge in [-0.2, -0.15) is 0 Å². The highest BCUT2D eigenvalue weighted by Crippen LogP contribution is 2.31. The molecule has 2 N–H and O–H groups in total. The molecular formula is C15H26IN5S. The van der Waals surface area contributed by atoms with E-state index in [9.17, 15) is 0 Å². The predicted molar refractivity (Wildman–Crippen MR) is 103 cm³/mol. The summed E-state index contributed by atoms with van der Waals surface area (Å²) < 4.78 is 0. The molecule has 3 rings (SSSR count). The molecule has 1 aliphatic carbocycles. The smallest absolute Gasteiger partial charge is 0.191 e. The van der Waals surface area contributed by atoms with Crippen LogP contribution in [0, 0.1) is 5.92 Å². The maximum Gasteiger partial charge on any atom is 0.191 e. The van der Waals surface area contributed by atoms with Crippen molar-refractivity contribution in [1.82, 2.24) is 20.5 Å². The number of rotatable bonds is 5. The van der Waals surface area contributed by atoms with Gasteiger partial charge in [-0.05, 0) is 25.7 Å². The molecule has 5 nitrogen and oxygen atoms in total. The van der Waals surface area contributed by atoms with Gasteiger partial charge in [-0.25, -0.2) is 9.98 Å². The molecule has 2 atom stereocenters. The van der Waals surface area contributed by atoms with Crippen molar-refractivity contribution in [1.29, 1.82) is 0 Å². The molecule has 2 fully saturated rings. The van der Waals surface area contributed by atoms with E-state index in [1.165, 1.54) is 19.4 Å². The van der Waals surface area contributed by atoms with Gasteiger partial charge in [0.1, 0.15) is 5.01 Å². The number of halogens is 1. The lowest BCUT2D eigenvalue weighted by Gasteiger charge is -2.20. The van der Waals surface area contributed by atoms with Crippen LogP contribution in [-0.2, 0) is 6.54 Å². The van der Waals surface area contributed by atoms with Crippen molar-refractivity contribution in [2.45, 2.75) is 45.3 Å². The number of aromatic nitrogens is 1. The van der Waals surface area contributed by atoms with E-state index in [4.69, 9.17) is 0 Å². The molecule has 0 amide bonds. The fourth-order valence-electron chi connectivity index (χ4n) is 2.90. The van der Waals surface area contributed by atoms with Crippen LogP contribution in [0.1, 0.15) is 31.7 Å². The van der Waals surface area contributed by atoms with Crippen LogP contribution in [0.2, 0.25) is 0 Å². The summed E-state index contributed by atoms with van der Waals surface area (Å²) in [6.07, 6.45) is 4.61. The summed E-state index contributed by atoms with van der Waals surface area (Å²) in [5.74, 6) is 1.59. The lowest BCUT2D eigenvalue weighted by atomic mass is 10.1. The van der Waals surface area contributed by atoms with E-state index in [1.54, 1.807) is 11.3 Å². The van der Waals surface area contributed by atoms with E-state index in [2.05, 4.69) is 39.4 Å². The fraction of sp³-hybridized carbons (Fsp3) is 0.733. The molecular weight excluding hydrogens is 409 g/mol. The van der Waals surface area contributed by atoms with E-state index in [0.717, 1.165) is 30.1 Å². The van der Waals surface area contributed by atoms with E-state index in [-0.39, 0.29) is 24.0 Å². The van der Waals surface area contributed by atoms with Crippen LogP contribution >= 0.6 is 35.3 Å². The number of hydrogen-bond acceptors (Lipinski definition) is 4. The minimum absolute atomic E-state index is 0. The molecule has 1 saturated heterocycles. The highest BCUT2D eigenvalue weighted by molar-refractivity contribution is 14.0. The van der Waals surface area contributed by atoms with Gasteiger partial charge in [-0.1, -0.05) is 6.92 Å². The number of nitrogens with one attached hydrogen (secondary N) is 2. The summed E-state index contributed by atoms with van der Waals surface area (Å²) in [5, 5.41) is 10.0. The Labute approximate surface area is 154 Å². The third kappa shape index (κ3) is 4.79. The van der Waals surface area contributed by atoms with Crippen molar-refractivity contribution < 1.29 is 0 Å². The quantitative estimate of drug-likeness (QED) is 0.424. The molecule has 1 aromatic rings. The first-order valence-corrected chi connectivity index (χ1v) is 8.81. The van der Waals surface area contributed by atoms with Gasteiger partial charge >= 0.3 is 0 Å². The fourth-order valence-corrected chi connectivity index (χ4v) is 3.44. The summed E-state index contributed by atoms with van der Waals surface area (Å²) >= 11 is 1.66. The largest absolute Gasteiger partial charge is 0.357 e. The number of likely N-dealkylation sites (tertiary alicyclic amines) is 1. The van der Waals surface area contributed by atoms with E-state index in [1.807, 2.05) is 11.6 Å². The highest BCUT2D eigenvalue weighted by Gasteiger charge is 2.38. The van der Waals surface area contributed by atoms with Crippen molar-refractivity contribution in [3.63, 3.8) is 0 Å². The van der Waals surface area contributed by atoms with Gasteiger partial charge in [0.2, 0.25) is 0 Å². The van der Waals surface area contributed by atoms with Gasteiger partial charge in [-0.15, -0.1) is 35.3 Å². The summed E-state index contributed by atoms with van der Waals surface area (Å²) in [6.45, 7) is 8.35. The first kappa shape index (κ1) is 17.9. The van der Waals surface area contributed by atoms with Gasteiger partial charge in [0.05, 0.1) is 6.54 Å². The standard InChI is InChI=1S/C15H25N5S.HI/c1-3-16-15(18-8-14-17-6-7-21-14)19-13-10-20(9-11(13)2)12-4-5-12;/h6-7,11-13H,3-5,8-10H2,1-2H3,(H2,16,18,19);1H. The summed E-state index contributed by atoms with van der Waals surface area (Å²) in [4.78, 5) is 11.6. The molecule has 2 unspecified atom stereocenters. The minimum Gasteiger partial charge on any atom is -0.357 e. The van der Waals surface area contributed by atoms with Crippen LogP contribution in [-0.4, -0.2) is 47.6 Å². The number of thiazole rings is 1.